The van der Waals surface area contributed by atoms with E-state index < -0.39 is 6.09 Å². The van der Waals surface area contributed by atoms with Crippen LogP contribution in [0.2, 0.25) is 0 Å². The van der Waals surface area contributed by atoms with Crippen molar-refractivity contribution in [2.75, 3.05) is 13.2 Å². The summed E-state index contributed by atoms with van der Waals surface area (Å²) < 4.78 is 10.9. The Morgan fingerprint density at radius 3 is 2.78 bits per heavy atom. The van der Waals surface area contributed by atoms with Crippen LogP contribution in [0.15, 0.2) is 60.8 Å². The van der Waals surface area contributed by atoms with Gasteiger partial charge < -0.3 is 14.8 Å². The molecule has 1 N–H and O–H groups in total. The molecule has 3 aromatic rings. The smallest absolute Gasteiger partial charge is 0.407 e. The molecule has 0 saturated heterocycles. The summed E-state index contributed by atoms with van der Waals surface area (Å²) in [6.07, 6.45) is 2.91. The summed E-state index contributed by atoms with van der Waals surface area (Å²) in [5, 5.41) is 3.69. The third-order valence-electron chi connectivity index (χ3n) is 4.00. The van der Waals surface area contributed by atoms with Gasteiger partial charge in [0.25, 0.3) is 0 Å². The number of unbranched alkanes of at least 4 members (excludes halogenated alkanes) is 1. The zero-order valence-corrected chi connectivity index (χ0v) is 15.1. The fourth-order valence-electron chi connectivity index (χ4n) is 2.59. The maximum absolute atomic E-state index is 11.6. The Balaban J connectivity index is 1.31. The van der Waals surface area contributed by atoms with E-state index in [0.717, 1.165) is 29.3 Å². The molecule has 0 aliphatic heterocycles. The molecule has 1 amide bonds. The maximum Gasteiger partial charge on any atom is 0.407 e. The molecule has 0 bridgehead atoms. The molecule has 3 rings (SSSR count). The Kier molecular flexibility index (Phi) is 6.69. The van der Waals surface area contributed by atoms with Crippen molar-refractivity contribution in [3.63, 3.8) is 0 Å². The van der Waals surface area contributed by atoms with E-state index in [1.165, 1.54) is 0 Å². The van der Waals surface area contributed by atoms with Gasteiger partial charge in [-0.15, -0.1) is 0 Å². The van der Waals surface area contributed by atoms with Crippen molar-refractivity contribution >= 4 is 30.3 Å². The van der Waals surface area contributed by atoms with E-state index in [1.807, 2.05) is 54.6 Å². The summed E-state index contributed by atoms with van der Waals surface area (Å²) >= 11 is 0. The SMILES string of the molecule is [B]c1ccc2ncc(OCCCCNC(=O)OCc3ccccc3)cc2c1. The van der Waals surface area contributed by atoms with Crippen molar-refractivity contribution < 1.29 is 14.3 Å². The largest absolute Gasteiger partial charge is 0.492 e. The molecule has 1 heterocycles. The van der Waals surface area contributed by atoms with E-state index in [4.69, 9.17) is 17.3 Å². The number of fused-ring (bicyclic) bond motifs is 1. The van der Waals surface area contributed by atoms with Crippen molar-refractivity contribution in [1.29, 1.82) is 0 Å². The summed E-state index contributed by atoms with van der Waals surface area (Å²) in [6.45, 7) is 1.37. The van der Waals surface area contributed by atoms with Gasteiger partial charge in [0.2, 0.25) is 0 Å². The first kappa shape index (κ1) is 18.8. The number of benzene rings is 2. The summed E-state index contributed by atoms with van der Waals surface area (Å²) in [5.74, 6) is 0.711. The van der Waals surface area contributed by atoms with Gasteiger partial charge in [-0.05, 0) is 30.5 Å². The Labute approximate surface area is 160 Å². The van der Waals surface area contributed by atoms with Crippen LogP contribution in [0.5, 0.6) is 5.75 Å². The highest BCUT2D eigenvalue weighted by molar-refractivity contribution is 6.33. The number of carbonyl (C=O) groups is 1. The number of rotatable bonds is 8. The molecule has 2 radical (unpaired) electrons. The third kappa shape index (κ3) is 6.03. The van der Waals surface area contributed by atoms with Crippen molar-refractivity contribution in [2.24, 2.45) is 0 Å². The minimum atomic E-state index is -0.406. The van der Waals surface area contributed by atoms with Crippen molar-refractivity contribution in [3.8, 4) is 5.75 Å². The number of carbonyl (C=O) groups excluding carboxylic acids is 1. The Morgan fingerprint density at radius 2 is 1.93 bits per heavy atom. The average Bonchev–Trinajstić information content (AvgIpc) is 2.69. The van der Waals surface area contributed by atoms with Crippen molar-refractivity contribution in [3.05, 3.63) is 66.4 Å². The van der Waals surface area contributed by atoms with Gasteiger partial charge in [-0.1, -0.05) is 47.9 Å². The highest BCUT2D eigenvalue weighted by atomic mass is 16.5. The first-order valence-electron chi connectivity index (χ1n) is 8.93. The van der Waals surface area contributed by atoms with Crippen LogP contribution in [0.25, 0.3) is 10.9 Å². The second-order valence-corrected chi connectivity index (χ2v) is 6.17. The van der Waals surface area contributed by atoms with E-state index in [2.05, 4.69) is 10.3 Å². The monoisotopic (exact) mass is 360 g/mol. The fraction of sp³-hybridized carbons (Fsp3) is 0.238. The molecule has 1 aromatic heterocycles. The molecule has 27 heavy (non-hydrogen) atoms. The minimum absolute atomic E-state index is 0.273. The summed E-state index contributed by atoms with van der Waals surface area (Å²) in [4.78, 5) is 16.0. The second-order valence-electron chi connectivity index (χ2n) is 6.17. The molecular weight excluding hydrogens is 339 g/mol. The van der Waals surface area contributed by atoms with Crippen LogP contribution in [-0.4, -0.2) is 32.1 Å². The number of hydrogen-bond donors (Lipinski definition) is 1. The summed E-state index contributed by atoms with van der Waals surface area (Å²) in [7, 11) is 5.79. The Bertz CT molecular complexity index is 887. The summed E-state index contributed by atoms with van der Waals surface area (Å²) in [6, 6.07) is 17.1. The molecule has 5 nitrogen and oxygen atoms in total. The quantitative estimate of drug-likeness (QED) is 0.495. The summed E-state index contributed by atoms with van der Waals surface area (Å²) in [5.41, 5.74) is 2.55. The molecule has 0 aliphatic rings. The molecule has 0 saturated carbocycles. The molecule has 0 aliphatic carbocycles. The second kappa shape index (κ2) is 9.62. The number of nitrogens with zero attached hydrogens (tertiary/aromatic N) is 1. The normalized spacial score (nSPS) is 10.5. The van der Waals surface area contributed by atoms with Crippen LogP contribution in [0.4, 0.5) is 4.79 Å². The van der Waals surface area contributed by atoms with Crippen LogP contribution >= 0.6 is 0 Å². The van der Waals surface area contributed by atoms with Gasteiger partial charge in [-0.25, -0.2) is 4.79 Å². The Morgan fingerprint density at radius 1 is 1.07 bits per heavy atom. The molecule has 2 aromatic carbocycles. The predicted molar refractivity (Wildman–Crippen MR) is 106 cm³/mol. The lowest BCUT2D eigenvalue weighted by Crippen LogP contribution is -2.25. The zero-order valence-electron chi connectivity index (χ0n) is 15.1. The molecule has 136 valence electrons. The fourth-order valence-corrected chi connectivity index (χ4v) is 2.59. The minimum Gasteiger partial charge on any atom is -0.492 e. The van der Waals surface area contributed by atoms with Gasteiger partial charge in [0.15, 0.2) is 0 Å². The molecule has 0 unspecified atom stereocenters. The van der Waals surface area contributed by atoms with Crippen LogP contribution < -0.4 is 15.5 Å². The van der Waals surface area contributed by atoms with Crippen LogP contribution in [-0.2, 0) is 11.3 Å². The third-order valence-corrected chi connectivity index (χ3v) is 4.00. The molecule has 0 spiro atoms. The van der Waals surface area contributed by atoms with E-state index in [-0.39, 0.29) is 6.61 Å². The first-order valence-corrected chi connectivity index (χ1v) is 8.93. The lowest BCUT2D eigenvalue weighted by molar-refractivity contribution is 0.139. The molecule has 0 atom stereocenters. The zero-order chi connectivity index (χ0) is 18.9. The van der Waals surface area contributed by atoms with Gasteiger partial charge in [-0.3, -0.25) is 4.98 Å². The van der Waals surface area contributed by atoms with Gasteiger partial charge in [0.05, 0.1) is 18.3 Å². The van der Waals surface area contributed by atoms with E-state index in [0.29, 0.717) is 24.4 Å². The van der Waals surface area contributed by atoms with Crippen LogP contribution in [0.3, 0.4) is 0 Å². The standard InChI is InChI=1S/C21H21BN2O3/c22-18-8-9-20-17(12-18)13-19(14-24-20)26-11-5-4-10-23-21(25)27-15-16-6-2-1-3-7-16/h1-3,6-9,12-14H,4-5,10-11,15H2,(H,23,25). The first-order chi connectivity index (χ1) is 13.2. The van der Waals surface area contributed by atoms with Gasteiger partial charge >= 0.3 is 6.09 Å². The molecule has 0 fully saturated rings. The lowest BCUT2D eigenvalue weighted by Gasteiger charge is -2.09. The maximum atomic E-state index is 11.6. The van der Waals surface area contributed by atoms with Gasteiger partial charge in [-0.2, -0.15) is 0 Å². The highest BCUT2D eigenvalue weighted by Crippen LogP contribution is 2.17. The molecule has 6 heteroatoms. The molecular formula is C21H21BN2O3. The van der Waals surface area contributed by atoms with E-state index in [9.17, 15) is 4.79 Å². The van der Waals surface area contributed by atoms with Gasteiger partial charge in [0.1, 0.15) is 20.2 Å². The predicted octanol–water partition coefficient (Wildman–Crippen LogP) is 3.11. The number of aromatic nitrogens is 1. The van der Waals surface area contributed by atoms with E-state index >= 15 is 0 Å². The van der Waals surface area contributed by atoms with E-state index in [1.54, 1.807) is 6.20 Å². The topological polar surface area (TPSA) is 60.5 Å². The van der Waals surface area contributed by atoms with Crippen LogP contribution in [0.1, 0.15) is 18.4 Å². The number of pyridine rings is 1. The number of ether oxygens (including phenoxy) is 2. The number of hydrogen-bond acceptors (Lipinski definition) is 4. The van der Waals surface area contributed by atoms with Gasteiger partial charge in [0, 0.05) is 11.9 Å². The van der Waals surface area contributed by atoms with Crippen LogP contribution in [0, 0.1) is 0 Å². The van der Waals surface area contributed by atoms with Crippen molar-refractivity contribution in [2.45, 2.75) is 19.4 Å². The Hall–Kier alpha value is -3.02. The number of alkyl carbamates (subject to hydrolysis) is 1. The number of amides is 1. The van der Waals surface area contributed by atoms with Crippen molar-refractivity contribution in [1.82, 2.24) is 10.3 Å². The average molecular weight is 360 g/mol. The lowest BCUT2D eigenvalue weighted by atomic mass is 9.95. The number of nitrogens with one attached hydrogen (secondary N) is 1. The highest BCUT2D eigenvalue weighted by Gasteiger charge is 2.02.